The lowest BCUT2D eigenvalue weighted by atomic mass is 9.83. The van der Waals surface area contributed by atoms with Crippen molar-refractivity contribution in [2.45, 2.75) is 45.1 Å². The van der Waals surface area contributed by atoms with E-state index in [1.54, 1.807) is 19.1 Å². The number of hydrogen-bond donors (Lipinski definition) is 2. The molecule has 1 aliphatic rings. The van der Waals surface area contributed by atoms with Crippen LogP contribution in [0.4, 0.5) is 11.4 Å². The maximum absolute atomic E-state index is 11.0. The molecule has 5 nitrogen and oxygen atoms in total. The fourth-order valence-corrected chi connectivity index (χ4v) is 3.08. The van der Waals surface area contributed by atoms with E-state index >= 15 is 0 Å². The predicted molar refractivity (Wildman–Crippen MR) is 80.9 cm³/mol. The van der Waals surface area contributed by atoms with Gasteiger partial charge < -0.3 is 11.1 Å². The standard InChI is InChI=1S/C15H23N3O2/c1-11-13(8-5-9-15(11)18(19)20)17-14(10-16)12-6-3-2-4-7-12/h5,8-9,12,14,17H,2-4,6-7,10,16H2,1H3. The Labute approximate surface area is 119 Å². The average Bonchev–Trinajstić information content (AvgIpc) is 2.47. The molecule has 2 rings (SSSR count). The molecule has 1 unspecified atom stereocenters. The van der Waals surface area contributed by atoms with Crippen molar-refractivity contribution in [2.75, 3.05) is 11.9 Å². The highest BCUT2D eigenvalue weighted by molar-refractivity contribution is 5.60. The third kappa shape index (κ3) is 3.28. The zero-order chi connectivity index (χ0) is 14.5. The Bertz CT molecular complexity index is 470. The van der Waals surface area contributed by atoms with Gasteiger partial charge in [0.2, 0.25) is 0 Å². The van der Waals surface area contributed by atoms with Crippen molar-refractivity contribution in [3.05, 3.63) is 33.9 Å². The molecule has 1 fully saturated rings. The molecule has 110 valence electrons. The smallest absolute Gasteiger partial charge is 0.274 e. The number of rotatable bonds is 5. The van der Waals surface area contributed by atoms with E-state index in [2.05, 4.69) is 5.32 Å². The molecule has 0 aliphatic heterocycles. The van der Waals surface area contributed by atoms with E-state index in [9.17, 15) is 10.1 Å². The summed E-state index contributed by atoms with van der Waals surface area (Å²) >= 11 is 0. The first-order chi connectivity index (χ1) is 9.63. The summed E-state index contributed by atoms with van der Waals surface area (Å²) in [6, 6.07) is 5.37. The van der Waals surface area contributed by atoms with Gasteiger partial charge in [0.1, 0.15) is 0 Å². The molecule has 0 bridgehead atoms. The molecule has 1 aromatic carbocycles. The molecule has 5 heteroatoms. The molecule has 1 aliphatic carbocycles. The number of hydrogen-bond acceptors (Lipinski definition) is 4. The maximum atomic E-state index is 11.0. The molecule has 1 aromatic rings. The summed E-state index contributed by atoms with van der Waals surface area (Å²) in [6.45, 7) is 2.35. The highest BCUT2D eigenvalue weighted by Gasteiger charge is 2.23. The minimum absolute atomic E-state index is 0.161. The Kier molecular flexibility index (Phi) is 4.95. The van der Waals surface area contributed by atoms with Gasteiger partial charge in [-0.2, -0.15) is 0 Å². The van der Waals surface area contributed by atoms with E-state index in [0.717, 1.165) is 5.69 Å². The van der Waals surface area contributed by atoms with Gasteiger partial charge in [-0.3, -0.25) is 10.1 Å². The van der Waals surface area contributed by atoms with Crippen LogP contribution in [-0.4, -0.2) is 17.5 Å². The van der Waals surface area contributed by atoms with Gasteiger partial charge >= 0.3 is 0 Å². The summed E-state index contributed by atoms with van der Waals surface area (Å²) in [5.74, 6) is 0.576. The fraction of sp³-hybridized carbons (Fsp3) is 0.600. The molecule has 3 N–H and O–H groups in total. The molecule has 1 saturated carbocycles. The normalized spacial score (nSPS) is 17.7. The molecule has 20 heavy (non-hydrogen) atoms. The van der Waals surface area contributed by atoms with Crippen LogP contribution in [0.3, 0.4) is 0 Å². The van der Waals surface area contributed by atoms with Crippen molar-refractivity contribution in [3.63, 3.8) is 0 Å². The van der Waals surface area contributed by atoms with Crippen molar-refractivity contribution in [3.8, 4) is 0 Å². The highest BCUT2D eigenvalue weighted by atomic mass is 16.6. The fourth-order valence-electron chi connectivity index (χ4n) is 3.08. The quantitative estimate of drug-likeness (QED) is 0.639. The van der Waals surface area contributed by atoms with Crippen LogP contribution in [0.25, 0.3) is 0 Å². The van der Waals surface area contributed by atoms with E-state index < -0.39 is 0 Å². The Morgan fingerprint density at radius 3 is 2.70 bits per heavy atom. The molecule has 0 spiro atoms. The van der Waals surface area contributed by atoms with Crippen LogP contribution >= 0.6 is 0 Å². The number of nitro benzene ring substituents is 1. The summed E-state index contributed by atoms with van der Waals surface area (Å²) < 4.78 is 0. The second-order valence-electron chi connectivity index (χ2n) is 5.59. The lowest BCUT2D eigenvalue weighted by Crippen LogP contribution is -2.37. The first kappa shape index (κ1) is 14.8. The van der Waals surface area contributed by atoms with Crippen LogP contribution in [0.5, 0.6) is 0 Å². The van der Waals surface area contributed by atoms with Crippen LogP contribution in [-0.2, 0) is 0 Å². The lowest BCUT2D eigenvalue weighted by Gasteiger charge is -2.31. The van der Waals surface area contributed by atoms with E-state index in [0.29, 0.717) is 18.0 Å². The van der Waals surface area contributed by atoms with E-state index in [4.69, 9.17) is 5.73 Å². The molecule has 1 atom stereocenters. The van der Waals surface area contributed by atoms with E-state index in [-0.39, 0.29) is 16.7 Å². The van der Waals surface area contributed by atoms with Crippen LogP contribution in [0.15, 0.2) is 18.2 Å². The van der Waals surface area contributed by atoms with Crippen molar-refractivity contribution >= 4 is 11.4 Å². The second-order valence-corrected chi connectivity index (χ2v) is 5.59. The SMILES string of the molecule is Cc1c(NC(CN)C2CCCCC2)cccc1[N+](=O)[O-]. The topological polar surface area (TPSA) is 81.2 Å². The summed E-state index contributed by atoms with van der Waals surface area (Å²) in [6.07, 6.45) is 6.23. The van der Waals surface area contributed by atoms with Gasteiger partial charge in [0.15, 0.2) is 0 Å². The van der Waals surface area contributed by atoms with Gasteiger partial charge in [0.25, 0.3) is 5.69 Å². The largest absolute Gasteiger partial charge is 0.380 e. The molecule has 0 amide bonds. The zero-order valence-electron chi connectivity index (χ0n) is 12.0. The van der Waals surface area contributed by atoms with Crippen LogP contribution in [0, 0.1) is 23.0 Å². The number of anilines is 1. The van der Waals surface area contributed by atoms with Gasteiger partial charge in [-0.25, -0.2) is 0 Å². The van der Waals surface area contributed by atoms with Crippen LogP contribution in [0.1, 0.15) is 37.7 Å². The van der Waals surface area contributed by atoms with Gasteiger partial charge in [-0.1, -0.05) is 25.3 Å². The molecular formula is C15H23N3O2. The molecule has 0 saturated heterocycles. The molecular weight excluding hydrogens is 254 g/mol. The number of nitro groups is 1. The molecule has 0 heterocycles. The summed E-state index contributed by atoms with van der Waals surface area (Å²) in [5, 5.41) is 14.4. The minimum Gasteiger partial charge on any atom is -0.380 e. The second kappa shape index (κ2) is 6.70. The zero-order valence-corrected chi connectivity index (χ0v) is 12.0. The van der Waals surface area contributed by atoms with Crippen LogP contribution in [0.2, 0.25) is 0 Å². The van der Waals surface area contributed by atoms with Gasteiger partial charge in [-0.15, -0.1) is 0 Å². The summed E-state index contributed by atoms with van der Waals surface area (Å²) in [5.41, 5.74) is 7.58. The summed E-state index contributed by atoms with van der Waals surface area (Å²) in [4.78, 5) is 10.6. The van der Waals surface area contributed by atoms with E-state index in [1.807, 2.05) is 6.07 Å². The number of benzene rings is 1. The van der Waals surface area contributed by atoms with Crippen molar-refractivity contribution in [2.24, 2.45) is 11.7 Å². The third-order valence-corrected chi connectivity index (χ3v) is 4.32. The van der Waals surface area contributed by atoms with Crippen molar-refractivity contribution in [1.29, 1.82) is 0 Å². The Hall–Kier alpha value is -1.62. The average molecular weight is 277 g/mol. The Morgan fingerprint density at radius 1 is 1.40 bits per heavy atom. The number of nitrogens with one attached hydrogen (secondary N) is 1. The minimum atomic E-state index is -0.335. The molecule has 0 aromatic heterocycles. The highest BCUT2D eigenvalue weighted by Crippen LogP contribution is 2.30. The van der Waals surface area contributed by atoms with Gasteiger partial charge in [0.05, 0.1) is 4.92 Å². The lowest BCUT2D eigenvalue weighted by molar-refractivity contribution is -0.385. The maximum Gasteiger partial charge on any atom is 0.274 e. The first-order valence-electron chi connectivity index (χ1n) is 7.34. The van der Waals surface area contributed by atoms with Gasteiger partial charge in [-0.05, 0) is 31.7 Å². The number of nitrogens with zero attached hydrogens (tertiary/aromatic N) is 1. The monoisotopic (exact) mass is 277 g/mol. The van der Waals surface area contributed by atoms with Crippen LogP contribution < -0.4 is 11.1 Å². The van der Waals surface area contributed by atoms with Gasteiger partial charge in [0, 0.05) is 29.9 Å². The Balaban J connectivity index is 2.14. The van der Waals surface area contributed by atoms with Crippen molar-refractivity contribution < 1.29 is 4.92 Å². The molecule has 0 radical (unpaired) electrons. The van der Waals surface area contributed by atoms with Crippen molar-refractivity contribution in [1.82, 2.24) is 0 Å². The number of nitrogens with two attached hydrogens (primary N) is 1. The Morgan fingerprint density at radius 2 is 2.10 bits per heavy atom. The summed E-state index contributed by atoms with van der Waals surface area (Å²) in [7, 11) is 0. The third-order valence-electron chi connectivity index (χ3n) is 4.32. The van der Waals surface area contributed by atoms with E-state index in [1.165, 1.54) is 32.1 Å². The predicted octanol–water partition coefficient (Wildman–Crippen LogP) is 3.22. The first-order valence-corrected chi connectivity index (χ1v) is 7.34.